The van der Waals surface area contributed by atoms with E-state index < -0.39 is 0 Å². The van der Waals surface area contributed by atoms with E-state index in [1.165, 1.54) is 0 Å². The van der Waals surface area contributed by atoms with Crippen molar-refractivity contribution in [2.75, 3.05) is 18.9 Å². The first kappa shape index (κ1) is 12.9. The van der Waals surface area contributed by atoms with E-state index in [1.807, 2.05) is 18.6 Å². The third-order valence-corrected chi connectivity index (χ3v) is 3.05. The van der Waals surface area contributed by atoms with E-state index in [1.54, 1.807) is 17.5 Å². The van der Waals surface area contributed by atoms with Crippen molar-refractivity contribution in [3.63, 3.8) is 0 Å². The summed E-state index contributed by atoms with van der Waals surface area (Å²) in [7, 11) is 2.05. The molecule has 0 unspecified atom stereocenters. The second-order valence-corrected chi connectivity index (χ2v) is 4.79. The molecular weight excluding hydrogens is 246 g/mol. The Labute approximate surface area is 111 Å². The van der Waals surface area contributed by atoms with Crippen LogP contribution in [0.25, 0.3) is 0 Å². The van der Waals surface area contributed by atoms with Gasteiger partial charge in [-0.25, -0.2) is 9.97 Å². The predicted molar refractivity (Wildman–Crippen MR) is 73.5 cm³/mol. The number of nitrogens with zero attached hydrogens (tertiary/aromatic N) is 4. The van der Waals surface area contributed by atoms with Crippen LogP contribution in [-0.4, -0.2) is 33.4 Å². The van der Waals surface area contributed by atoms with E-state index in [9.17, 15) is 0 Å². The van der Waals surface area contributed by atoms with Gasteiger partial charge in [0.05, 0.1) is 29.3 Å². The molecule has 2 rings (SSSR count). The van der Waals surface area contributed by atoms with Crippen LogP contribution in [0.3, 0.4) is 0 Å². The Morgan fingerprint density at radius 1 is 1.17 bits per heavy atom. The van der Waals surface area contributed by atoms with Crippen LogP contribution in [0.5, 0.6) is 0 Å². The Kier molecular flexibility index (Phi) is 4.60. The molecule has 0 aromatic carbocycles. The van der Waals surface area contributed by atoms with Crippen molar-refractivity contribution >= 4 is 17.2 Å². The molecule has 2 aromatic heterocycles. The maximum atomic E-state index is 4.38. The Morgan fingerprint density at radius 2 is 2.00 bits per heavy atom. The first-order valence-corrected chi connectivity index (χ1v) is 6.82. The quantitative estimate of drug-likeness (QED) is 0.864. The van der Waals surface area contributed by atoms with Crippen LogP contribution in [0.1, 0.15) is 18.3 Å². The minimum Gasteiger partial charge on any atom is -0.369 e. The van der Waals surface area contributed by atoms with Gasteiger partial charge in [0.2, 0.25) is 0 Å². The molecule has 0 atom stereocenters. The van der Waals surface area contributed by atoms with Gasteiger partial charge in [-0.3, -0.25) is 9.88 Å². The number of anilines is 1. The van der Waals surface area contributed by atoms with Crippen molar-refractivity contribution < 1.29 is 0 Å². The zero-order chi connectivity index (χ0) is 12.8. The van der Waals surface area contributed by atoms with Crippen LogP contribution < -0.4 is 5.32 Å². The average molecular weight is 263 g/mol. The van der Waals surface area contributed by atoms with Gasteiger partial charge in [0.15, 0.2) is 0 Å². The molecule has 0 fully saturated rings. The second-order valence-electron chi connectivity index (χ2n) is 4.08. The van der Waals surface area contributed by atoms with Crippen LogP contribution >= 0.6 is 11.3 Å². The summed E-state index contributed by atoms with van der Waals surface area (Å²) in [6.45, 7) is 4.51. The Balaban J connectivity index is 1.88. The third kappa shape index (κ3) is 3.75. The summed E-state index contributed by atoms with van der Waals surface area (Å²) < 4.78 is 0. The molecule has 0 aliphatic carbocycles. The molecule has 0 saturated heterocycles. The van der Waals surface area contributed by atoms with Gasteiger partial charge in [0.1, 0.15) is 5.82 Å². The van der Waals surface area contributed by atoms with Crippen molar-refractivity contribution in [3.05, 3.63) is 34.7 Å². The molecule has 18 heavy (non-hydrogen) atoms. The first-order valence-electron chi connectivity index (χ1n) is 5.88. The largest absolute Gasteiger partial charge is 0.369 e. The van der Waals surface area contributed by atoms with E-state index in [-0.39, 0.29) is 0 Å². The number of hydrogen-bond donors (Lipinski definition) is 1. The molecule has 2 aromatic rings. The van der Waals surface area contributed by atoms with Gasteiger partial charge in [0, 0.05) is 25.0 Å². The lowest BCUT2D eigenvalue weighted by atomic mass is 10.3. The molecule has 0 amide bonds. The normalized spacial score (nSPS) is 10.8. The van der Waals surface area contributed by atoms with E-state index in [0.29, 0.717) is 0 Å². The first-order chi connectivity index (χ1) is 8.78. The van der Waals surface area contributed by atoms with E-state index >= 15 is 0 Å². The van der Waals surface area contributed by atoms with Gasteiger partial charge < -0.3 is 5.32 Å². The lowest BCUT2D eigenvalue weighted by molar-refractivity contribution is 0.311. The molecule has 0 aliphatic rings. The molecule has 2 heterocycles. The molecule has 0 saturated carbocycles. The summed E-state index contributed by atoms with van der Waals surface area (Å²) in [5.41, 5.74) is 3.92. The highest BCUT2D eigenvalue weighted by molar-refractivity contribution is 7.07. The van der Waals surface area contributed by atoms with Crippen molar-refractivity contribution in [1.29, 1.82) is 0 Å². The lowest BCUT2D eigenvalue weighted by Crippen LogP contribution is -2.18. The SMILES string of the molecule is CCNc1cnc(CN(C)Cc2cscn2)cn1. The molecule has 0 spiro atoms. The number of nitrogens with one attached hydrogen (secondary N) is 1. The van der Waals surface area contributed by atoms with E-state index in [2.05, 4.69) is 37.6 Å². The van der Waals surface area contributed by atoms with Gasteiger partial charge in [-0.2, -0.15) is 0 Å². The molecule has 1 N–H and O–H groups in total. The highest BCUT2D eigenvalue weighted by Crippen LogP contribution is 2.07. The van der Waals surface area contributed by atoms with E-state index in [4.69, 9.17) is 0 Å². The minimum atomic E-state index is 0.775. The number of rotatable bonds is 6. The molecular formula is C12H17N5S. The van der Waals surface area contributed by atoms with Gasteiger partial charge in [-0.1, -0.05) is 0 Å². The molecule has 5 nitrogen and oxygen atoms in total. The fraction of sp³-hybridized carbons (Fsp3) is 0.417. The van der Waals surface area contributed by atoms with Crippen LogP contribution in [0, 0.1) is 0 Å². The van der Waals surface area contributed by atoms with Crippen molar-refractivity contribution in [1.82, 2.24) is 19.9 Å². The number of hydrogen-bond acceptors (Lipinski definition) is 6. The molecule has 96 valence electrons. The van der Waals surface area contributed by atoms with Crippen LogP contribution in [-0.2, 0) is 13.1 Å². The standard InChI is InChI=1S/C12H17N5S/c1-3-13-12-5-14-10(4-15-12)6-17(2)7-11-8-18-9-16-11/h4-5,8-9H,3,6-7H2,1-2H3,(H,13,15). The maximum absolute atomic E-state index is 4.38. The van der Waals surface area contributed by atoms with Gasteiger partial charge in [-0.15, -0.1) is 11.3 Å². The zero-order valence-corrected chi connectivity index (χ0v) is 11.4. The monoisotopic (exact) mass is 263 g/mol. The smallest absolute Gasteiger partial charge is 0.144 e. The fourth-order valence-electron chi connectivity index (χ4n) is 1.63. The molecule has 0 radical (unpaired) electrons. The van der Waals surface area contributed by atoms with Crippen molar-refractivity contribution in [2.24, 2.45) is 0 Å². The molecule has 0 aliphatic heterocycles. The summed E-state index contributed by atoms with van der Waals surface area (Å²) in [5, 5.41) is 5.19. The maximum Gasteiger partial charge on any atom is 0.144 e. The zero-order valence-electron chi connectivity index (χ0n) is 10.6. The molecule has 0 bridgehead atoms. The Hall–Kier alpha value is -1.53. The van der Waals surface area contributed by atoms with Gasteiger partial charge in [-0.05, 0) is 14.0 Å². The molecule has 6 heteroatoms. The summed E-state index contributed by atoms with van der Waals surface area (Å²) in [6.07, 6.45) is 3.59. The van der Waals surface area contributed by atoms with Gasteiger partial charge in [0.25, 0.3) is 0 Å². The fourth-order valence-corrected chi connectivity index (χ4v) is 2.18. The van der Waals surface area contributed by atoms with Crippen molar-refractivity contribution in [3.8, 4) is 0 Å². The number of thiazole rings is 1. The Morgan fingerprint density at radius 3 is 2.61 bits per heavy atom. The summed E-state index contributed by atoms with van der Waals surface area (Å²) in [5.74, 6) is 0.823. The Bertz CT molecular complexity index is 454. The summed E-state index contributed by atoms with van der Waals surface area (Å²) in [4.78, 5) is 15.1. The summed E-state index contributed by atoms with van der Waals surface area (Å²) in [6, 6.07) is 0. The van der Waals surface area contributed by atoms with Gasteiger partial charge >= 0.3 is 0 Å². The van der Waals surface area contributed by atoms with E-state index in [0.717, 1.165) is 36.8 Å². The van der Waals surface area contributed by atoms with Crippen LogP contribution in [0.15, 0.2) is 23.3 Å². The van der Waals surface area contributed by atoms with Crippen molar-refractivity contribution in [2.45, 2.75) is 20.0 Å². The summed E-state index contributed by atoms with van der Waals surface area (Å²) >= 11 is 1.62. The average Bonchev–Trinajstić information content (AvgIpc) is 2.84. The van der Waals surface area contributed by atoms with Crippen LogP contribution in [0.2, 0.25) is 0 Å². The third-order valence-electron chi connectivity index (χ3n) is 2.41. The lowest BCUT2D eigenvalue weighted by Gasteiger charge is -2.14. The second kappa shape index (κ2) is 6.42. The topological polar surface area (TPSA) is 53.9 Å². The predicted octanol–water partition coefficient (Wildman–Crippen LogP) is 2.00. The highest BCUT2D eigenvalue weighted by Gasteiger charge is 2.04. The highest BCUT2D eigenvalue weighted by atomic mass is 32.1. The van der Waals surface area contributed by atoms with Crippen LogP contribution in [0.4, 0.5) is 5.82 Å². The minimum absolute atomic E-state index is 0.775. The number of aromatic nitrogens is 3.